The van der Waals surface area contributed by atoms with Crippen molar-refractivity contribution in [1.82, 2.24) is 15.5 Å². The van der Waals surface area contributed by atoms with Crippen LogP contribution in [-0.2, 0) is 9.59 Å². The second-order valence-electron chi connectivity index (χ2n) is 3.61. The van der Waals surface area contributed by atoms with E-state index in [9.17, 15) is 14.7 Å². The predicted molar refractivity (Wildman–Crippen MR) is 72.7 cm³/mol. The Morgan fingerprint density at radius 2 is 2.33 bits per heavy atom. The minimum Gasteiger partial charge on any atom is -0.512 e. The zero-order valence-electron chi connectivity index (χ0n) is 11.0. The number of aromatic nitrogens is 2. The molecule has 1 rings (SSSR count). The number of aliphatic hydroxyl groups excluding tert-OH is 1. The molecule has 0 saturated heterocycles. The molecule has 2 N–H and O–H groups in total. The molecule has 0 unspecified atom stereocenters. The summed E-state index contributed by atoms with van der Waals surface area (Å²) in [6, 6.07) is 3.14. The van der Waals surface area contributed by atoms with Crippen LogP contribution >= 0.6 is 0 Å². The number of nitrogens with one attached hydrogen (secondary N) is 1. The van der Waals surface area contributed by atoms with Crippen LogP contribution < -0.4 is 5.32 Å². The lowest BCUT2D eigenvalue weighted by Crippen LogP contribution is -2.34. The van der Waals surface area contributed by atoms with Crippen LogP contribution in [0, 0.1) is 0 Å². The molecule has 0 saturated carbocycles. The van der Waals surface area contributed by atoms with Gasteiger partial charge in [-0.2, -0.15) is 5.10 Å². The summed E-state index contributed by atoms with van der Waals surface area (Å²) in [5.74, 6) is -1.79. The van der Waals surface area contributed by atoms with Crippen LogP contribution in [0.5, 0.6) is 0 Å². The smallest absolute Gasteiger partial charge is 0.262 e. The van der Waals surface area contributed by atoms with Gasteiger partial charge in [0.15, 0.2) is 5.82 Å². The van der Waals surface area contributed by atoms with Crippen molar-refractivity contribution in [2.45, 2.75) is 6.92 Å². The van der Waals surface area contributed by atoms with E-state index in [1.807, 2.05) is 5.32 Å². The number of nitrogens with zero attached hydrogens (tertiary/aromatic N) is 6. The lowest BCUT2D eigenvalue weighted by Gasteiger charge is -2.03. The van der Waals surface area contributed by atoms with Gasteiger partial charge in [-0.05, 0) is 24.6 Å². The largest absolute Gasteiger partial charge is 0.512 e. The van der Waals surface area contributed by atoms with E-state index in [4.69, 9.17) is 5.53 Å². The highest BCUT2D eigenvalue weighted by molar-refractivity contribution is 6.17. The number of imide groups is 1. The van der Waals surface area contributed by atoms with Crippen molar-refractivity contribution in [2.75, 3.05) is 6.54 Å². The molecule has 108 valence electrons. The molecule has 0 bridgehead atoms. The molecule has 0 aliphatic rings. The average Bonchev–Trinajstić information content (AvgIpc) is 2.46. The van der Waals surface area contributed by atoms with Crippen molar-refractivity contribution in [3.63, 3.8) is 0 Å². The number of amides is 2. The quantitative estimate of drug-likeness (QED) is 0.206. The van der Waals surface area contributed by atoms with Crippen molar-refractivity contribution in [3.8, 4) is 0 Å². The number of aliphatic imine (C=N–C) groups is 1. The van der Waals surface area contributed by atoms with E-state index in [0.717, 1.165) is 6.21 Å². The number of allylic oxidation sites excluding steroid dienone is 1. The lowest BCUT2D eigenvalue weighted by atomic mass is 10.2. The third-order valence-corrected chi connectivity index (χ3v) is 2.05. The molecule has 0 spiro atoms. The molecule has 0 aliphatic heterocycles. The third kappa shape index (κ3) is 5.49. The summed E-state index contributed by atoms with van der Waals surface area (Å²) in [6.45, 7) is 0.733. The van der Waals surface area contributed by atoms with Gasteiger partial charge in [0.1, 0.15) is 12.3 Å². The second kappa shape index (κ2) is 8.02. The maximum Gasteiger partial charge on any atom is 0.262 e. The van der Waals surface area contributed by atoms with Crippen molar-refractivity contribution < 1.29 is 14.7 Å². The van der Waals surface area contributed by atoms with Gasteiger partial charge < -0.3 is 5.11 Å². The summed E-state index contributed by atoms with van der Waals surface area (Å²) in [4.78, 5) is 29.3. The van der Waals surface area contributed by atoms with E-state index in [2.05, 4.69) is 25.2 Å². The van der Waals surface area contributed by atoms with Crippen LogP contribution in [0.2, 0.25) is 0 Å². The first-order valence-electron chi connectivity index (χ1n) is 5.61. The molecule has 1 aromatic rings. The van der Waals surface area contributed by atoms with Gasteiger partial charge in [-0.3, -0.25) is 14.9 Å². The van der Waals surface area contributed by atoms with Gasteiger partial charge in [-0.15, -0.1) is 5.10 Å². The lowest BCUT2D eigenvalue weighted by molar-refractivity contribution is -0.127. The summed E-state index contributed by atoms with van der Waals surface area (Å²) in [5, 5.41) is 21.7. The van der Waals surface area contributed by atoms with Gasteiger partial charge in [-0.25, -0.2) is 4.99 Å². The molecule has 0 atom stereocenters. The van der Waals surface area contributed by atoms with Crippen LogP contribution in [0.25, 0.3) is 10.4 Å². The normalized spacial score (nSPS) is 11.5. The summed E-state index contributed by atoms with van der Waals surface area (Å²) >= 11 is 0. The fraction of sp³-hybridized carbons (Fsp3) is 0.182. The predicted octanol–water partition coefficient (Wildman–Crippen LogP) is 0.964. The molecular weight excluding hydrogens is 278 g/mol. The first kappa shape index (κ1) is 15.8. The highest BCUT2D eigenvalue weighted by Crippen LogP contribution is 2.05. The molecule has 0 fully saturated rings. The Balaban J connectivity index is 2.81. The standard InChI is InChI=1S/C11H11N7O3/c1-7(19)8(5-13-9-3-2-4-14-17-9)11(21)16-10(20)6-15-18-12/h2-5,19H,6H2,1H3,(H,16,20,21)/b8-7+,13-5?. The van der Waals surface area contributed by atoms with Crippen LogP contribution in [-0.4, -0.2) is 39.9 Å². The number of azide groups is 1. The summed E-state index contributed by atoms with van der Waals surface area (Å²) < 4.78 is 0. The Morgan fingerprint density at radius 1 is 1.57 bits per heavy atom. The molecule has 1 aromatic heterocycles. The molecule has 10 nitrogen and oxygen atoms in total. The van der Waals surface area contributed by atoms with Gasteiger partial charge in [0.25, 0.3) is 5.91 Å². The number of carbonyl (C=O) groups is 2. The number of rotatable bonds is 5. The molecule has 2 amide bonds. The summed E-state index contributed by atoms with van der Waals surface area (Å²) in [7, 11) is 0. The van der Waals surface area contributed by atoms with Crippen molar-refractivity contribution >= 4 is 23.8 Å². The van der Waals surface area contributed by atoms with Crippen molar-refractivity contribution in [2.24, 2.45) is 10.1 Å². The summed E-state index contributed by atoms with van der Waals surface area (Å²) in [6.07, 6.45) is 2.50. The Labute approximate surface area is 118 Å². The van der Waals surface area contributed by atoms with Gasteiger partial charge in [0.2, 0.25) is 5.91 Å². The number of carbonyl (C=O) groups excluding carboxylic acids is 2. The minimum atomic E-state index is -0.874. The van der Waals surface area contributed by atoms with Crippen LogP contribution in [0.15, 0.2) is 39.8 Å². The highest BCUT2D eigenvalue weighted by atomic mass is 16.3. The van der Waals surface area contributed by atoms with E-state index < -0.39 is 18.4 Å². The average molecular weight is 289 g/mol. The minimum absolute atomic E-state index is 0.226. The van der Waals surface area contributed by atoms with Crippen LogP contribution in [0.4, 0.5) is 5.82 Å². The Kier molecular flexibility index (Phi) is 6.03. The first-order chi connectivity index (χ1) is 10.0. The zero-order chi connectivity index (χ0) is 15.7. The molecule has 0 radical (unpaired) electrons. The molecule has 10 heteroatoms. The Morgan fingerprint density at radius 3 is 2.90 bits per heavy atom. The zero-order valence-corrected chi connectivity index (χ0v) is 11.0. The molecular formula is C11H11N7O3. The van der Waals surface area contributed by atoms with Crippen LogP contribution in [0.3, 0.4) is 0 Å². The van der Waals surface area contributed by atoms with Gasteiger partial charge in [0.05, 0.1) is 5.57 Å². The molecule has 1 heterocycles. The van der Waals surface area contributed by atoms with Gasteiger partial charge in [0, 0.05) is 17.3 Å². The number of hydrogen-bond acceptors (Lipinski definition) is 7. The second-order valence-corrected chi connectivity index (χ2v) is 3.61. The number of aliphatic hydroxyl groups is 1. The SMILES string of the molecule is C/C(O)=C(/C=Nc1cccnn1)C(=O)NC(=O)CN=[N+]=[N-]. The molecule has 0 aliphatic carbocycles. The van der Waals surface area contributed by atoms with Gasteiger partial charge in [-0.1, -0.05) is 5.11 Å². The van der Waals surface area contributed by atoms with E-state index in [-0.39, 0.29) is 17.2 Å². The maximum absolute atomic E-state index is 11.8. The monoisotopic (exact) mass is 289 g/mol. The van der Waals surface area contributed by atoms with E-state index in [0.29, 0.717) is 0 Å². The third-order valence-electron chi connectivity index (χ3n) is 2.05. The van der Waals surface area contributed by atoms with Crippen molar-refractivity contribution in [1.29, 1.82) is 0 Å². The first-order valence-corrected chi connectivity index (χ1v) is 5.61. The van der Waals surface area contributed by atoms with E-state index >= 15 is 0 Å². The Hall–Kier alpha value is -3.26. The fourth-order valence-corrected chi connectivity index (χ4v) is 1.14. The molecule has 21 heavy (non-hydrogen) atoms. The highest BCUT2D eigenvalue weighted by Gasteiger charge is 2.14. The summed E-state index contributed by atoms with van der Waals surface area (Å²) in [5.41, 5.74) is 7.84. The van der Waals surface area contributed by atoms with Crippen molar-refractivity contribution in [3.05, 3.63) is 40.1 Å². The van der Waals surface area contributed by atoms with Crippen LogP contribution in [0.1, 0.15) is 6.92 Å². The van der Waals surface area contributed by atoms with E-state index in [1.165, 1.54) is 13.1 Å². The van der Waals surface area contributed by atoms with Gasteiger partial charge >= 0.3 is 0 Å². The molecule has 0 aromatic carbocycles. The fourth-order valence-electron chi connectivity index (χ4n) is 1.14. The number of hydrogen-bond donors (Lipinski definition) is 2. The maximum atomic E-state index is 11.8. The van der Waals surface area contributed by atoms with E-state index in [1.54, 1.807) is 12.1 Å². The Bertz CT molecular complexity index is 628. The topological polar surface area (TPSA) is 153 Å².